The summed E-state index contributed by atoms with van der Waals surface area (Å²) in [5.41, 5.74) is 0.0897. The number of hydrogen-bond acceptors (Lipinski definition) is 6. The Morgan fingerprint density at radius 1 is 1.43 bits per heavy atom. The van der Waals surface area contributed by atoms with E-state index in [1.54, 1.807) is 0 Å². The molecular weight excluding hydrogens is 341 g/mol. The second-order valence-corrected chi connectivity index (χ2v) is 6.25. The number of amides is 1. The molecular formula is C11H7ClFN3O3S2. The van der Waals surface area contributed by atoms with Crippen LogP contribution in [0, 0.1) is 5.82 Å². The van der Waals surface area contributed by atoms with Crippen molar-refractivity contribution < 1.29 is 19.1 Å². The number of carbonyl (C=O) groups excluding carboxylic acids is 1. The minimum Gasteiger partial charge on any atom is -0.481 e. The molecule has 0 unspecified atom stereocenters. The SMILES string of the molecule is O=C(O)CSc1nnc(NC(=O)c2ccc(Cl)c(F)c2)s1. The molecule has 0 saturated heterocycles. The lowest BCUT2D eigenvalue weighted by Gasteiger charge is -2.01. The summed E-state index contributed by atoms with van der Waals surface area (Å²) >= 11 is 7.56. The van der Waals surface area contributed by atoms with E-state index in [1.165, 1.54) is 12.1 Å². The van der Waals surface area contributed by atoms with Crippen molar-refractivity contribution in [1.29, 1.82) is 0 Å². The zero-order valence-electron chi connectivity index (χ0n) is 10.2. The lowest BCUT2D eigenvalue weighted by atomic mass is 10.2. The van der Waals surface area contributed by atoms with Gasteiger partial charge in [-0.3, -0.25) is 14.9 Å². The predicted molar refractivity (Wildman–Crippen MR) is 77.6 cm³/mol. The number of aromatic nitrogens is 2. The molecule has 0 aliphatic rings. The average molecular weight is 348 g/mol. The van der Waals surface area contributed by atoms with Gasteiger partial charge in [0.05, 0.1) is 10.8 Å². The van der Waals surface area contributed by atoms with Crippen LogP contribution in [-0.2, 0) is 4.79 Å². The van der Waals surface area contributed by atoms with Crippen LogP contribution >= 0.6 is 34.7 Å². The molecule has 10 heteroatoms. The van der Waals surface area contributed by atoms with Crippen molar-refractivity contribution in [2.75, 3.05) is 11.1 Å². The first-order valence-corrected chi connectivity index (χ1v) is 7.58. The number of nitrogens with one attached hydrogen (secondary N) is 1. The molecule has 0 radical (unpaired) electrons. The Hall–Kier alpha value is -1.71. The Balaban J connectivity index is 2.02. The first-order chi connectivity index (χ1) is 9.95. The lowest BCUT2D eigenvalue weighted by Crippen LogP contribution is -2.11. The summed E-state index contributed by atoms with van der Waals surface area (Å²) in [6.07, 6.45) is 0. The van der Waals surface area contributed by atoms with Gasteiger partial charge in [-0.1, -0.05) is 34.7 Å². The van der Waals surface area contributed by atoms with E-state index in [2.05, 4.69) is 15.5 Å². The zero-order chi connectivity index (χ0) is 15.4. The minimum atomic E-state index is -0.975. The van der Waals surface area contributed by atoms with Crippen LogP contribution in [0.25, 0.3) is 0 Å². The number of aliphatic carboxylic acids is 1. The quantitative estimate of drug-likeness (QED) is 0.638. The molecule has 2 N–H and O–H groups in total. The number of hydrogen-bond donors (Lipinski definition) is 2. The number of thioether (sulfide) groups is 1. The second kappa shape index (κ2) is 6.83. The van der Waals surface area contributed by atoms with Crippen LogP contribution in [0.15, 0.2) is 22.5 Å². The van der Waals surface area contributed by atoms with Gasteiger partial charge in [0, 0.05) is 5.56 Å². The van der Waals surface area contributed by atoms with E-state index < -0.39 is 17.7 Å². The van der Waals surface area contributed by atoms with E-state index in [0.29, 0.717) is 4.34 Å². The van der Waals surface area contributed by atoms with E-state index >= 15 is 0 Å². The molecule has 2 rings (SSSR count). The molecule has 110 valence electrons. The number of carboxylic acid groups (broad SMARTS) is 1. The Morgan fingerprint density at radius 3 is 2.86 bits per heavy atom. The number of benzene rings is 1. The summed E-state index contributed by atoms with van der Waals surface area (Å²) in [5, 5.41) is 18.5. The van der Waals surface area contributed by atoms with Crippen molar-refractivity contribution in [1.82, 2.24) is 10.2 Å². The van der Waals surface area contributed by atoms with Crippen molar-refractivity contribution in [2.45, 2.75) is 4.34 Å². The van der Waals surface area contributed by atoms with Crippen LogP contribution in [0.1, 0.15) is 10.4 Å². The highest BCUT2D eigenvalue weighted by Gasteiger charge is 2.13. The molecule has 0 spiro atoms. The summed E-state index contributed by atoms with van der Waals surface area (Å²) in [4.78, 5) is 22.3. The smallest absolute Gasteiger partial charge is 0.313 e. The average Bonchev–Trinajstić information content (AvgIpc) is 2.87. The predicted octanol–water partition coefficient (Wildman–Crippen LogP) is 2.76. The van der Waals surface area contributed by atoms with Gasteiger partial charge in [-0.05, 0) is 18.2 Å². The van der Waals surface area contributed by atoms with Gasteiger partial charge in [0.1, 0.15) is 5.82 Å². The molecule has 0 aliphatic carbocycles. The number of carboxylic acids is 1. The molecule has 0 aliphatic heterocycles. The summed E-state index contributed by atoms with van der Waals surface area (Å²) in [6, 6.07) is 3.67. The van der Waals surface area contributed by atoms with Crippen molar-refractivity contribution in [2.24, 2.45) is 0 Å². The third kappa shape index (κ3) is 4.38. The molecule has 1 heterocycles. The Kier molecular flexibility index (Phi) is 5.10. The molecule has 0 atom stereocenters. The molecule has 1 amide bonds. The van der Waals surface area contributed by atoms with Crippen molar-refractivity contribution in [3.05, 3.63) is 34.6 Å². The van der Waals surface area contributed by atoms with E-state index in [1.807, 2.05) is 0 Å². The minimum absolute atomic E-state index is 0.0742. The third-order valence-electron chi connectivity index (χ3n) is 2.13. The van der Waals surface area contributed by atoms with E-state index in [4.69, 9.17) is 16.7 Å². The Morgan fingerprint density at radius 2 is 2.19 bits per heavy atom. The fourth-order valence-electron chi connectivity index (χ4n) is 1.25. The number of carbonyl (C=O) groups is 2. The lowest BCUT2D eigenvalue weighted by molar-refractivity contribution is -0.133. The molecule has 6 nitrogen and oxygen atoms in total. The van der Waals surface area contributed by atoms with Crippen LogP contribution in [0.3, 0.4) is 0 Å². The standard InChI is InChI=1S/C11H7ClFN3O3S2/c12-6-2-1-5(3-7(6)13)9(19)14-10-15-16-11(21-10)20-4-8(17)18/h1-3H,4H2,(H,17,18)(H,14,15,19). The Labute approximate surface area is 131 Å². The molecule has 0 saturated carbocycles. The van der Waals surface area contributed by atoms with E-state index in [0.717, 1.165) is 29.2 Å². The highest BCUT2D eigenvalue weighted by Crippen LogP contribution is 2.25. The summed E-state index contributed by atoms with van der Waals surface area (Å²) in [6.45, 7) is 0. The fourth-order valence-corrected chi connectivity index (χ4v) is 2.83. The van der Waals surface area contributed by atoms with Gasteiger partial charge in [-0.15, -0.1) is 10.2 Å². The van der Waals surface area contributed by atoms with Crippen molar-refractivity contribution in [3.63, 3.8) is 0 Å². The number of halogens is 2. The number of rotatable bonds is 5. The van der Waals surface area contributed by atoms with Crippen LogP contribution in [0.4, 0.5) is 9.52 Å². The highest BCUT2D eigenvalue weighted by atomic mass is 35.5. The van der Waals surface area contributed by atoms with Crippen LogP contribution in [0.5, 0.6) is 0 Å². The first kappa shape index (κ1) is 15.7. The molecule has 21 heavy (non-hydrogen) atoms. The monoisotopic (exact) mass is 347 g/mol. The van der Waals surface area contributed by atoms with Gasteiger partial charge in [-0.25, -0.2) is 4.39 Å². The maximum Gasteiger partial charge on any atom is 0.313 e. The topological polar surface area (TPSA) is 92.2 Å². The van der Waals surface area contributed by atoms with Crippen molar-refractivity contribution in [3.8, 4) is 0 Å². The van der Waals surface area contributed by atoms with Crippen LogP contribution in [0.2, 0.25) is 5.02 Å². The van der Waals surface area contributed by atoms with Gasteiger partial charge < -0.3 is 5.11 Å². The second-order valence-electron chi connectivity index (χ2n) is 3.64. The first-order valence-electron chi connectivity index (χ1n) is 5.40. The highest BCUT2D eigenvalue weighted by molar-refractivity contribution is 8.01. The summed E-state index contributed by atoms with van der Waals surface area (Å²) in [5.74, 6) is -2.38. The zero-order valence-corrected chi connectivity index (χ0v) is 12.6. The normalized spacial score (nSPS) is 10.4. The van der Waals surface area contributed by atoms with Gasteiger partial charge in [0.15, 0.2) is 4.34 Å². The maximum absolute atomic E-state index is 13.3. The summed E-state index contributed by atoms with van der Waals surface area (Å²) in [7, 11) is 0. The number of nitrogens with zero attached hydrogens (tertiary/aromatic N) is 2. The third-order valence-corrected chi connectivity index (χ3v) is 4.39. The molecule has 0 fully saturated rings. The molecule has 0 bridgehead atoms. The van der Waals surface area contributed by atoms with E-state index in [-0.39, 0.29) is 21.5 Å². The van der Waals surface area contributed by atoms with Crippen LogP contribution in [-0.4, -0.2) is 32.9 Å². The van der Waals surface area contributed by atoms with Crippen LogP contribution < -0.4 is 5.32 Å². The number of anilines is 1. The van der Waals surface area contributed by atoms with E-state index in [9.17, 15) is 14.0 Å². The Bertz CT molecular complexity index is 695. The molecule has 1 aromatic heterocycles. The molecule has 1 aromatic carbocycles. The maximum atomic E-state index is 13.3. The largest absolute Gasteiger partial charge is 0.481 e. The fraction of sp³-hybridized carbons (Fsp3) is 0.0909. The van der Waals surface area contributed by atoms with Gasteiger partial charge in [0.25, 0.3) is 5.91 Å². The molecule has 2 aromatic rings. The van der Waals surface area contributed by atoms with Gasteiger partial charge >= 0.3 is 5.97 Å². The van der Waals surface area contributed by atoms with Crippen molar-refractivity contribution >= 4 is 51.7 Å². The van der Waals surface area contributed by atoms with Gasteiger partial charge in [0.2, 0.25) is 5.13 Å². The van der Waals surface area contributed by atoms with Gasteiger partial charge in [-0.2, -0.15) is 0 Å². The summed E-state index contributed by atoms with van der Waals surface area (Å²) < 4.78 is 13.7.